The van der Waals surface area contributed by atoms with Crippen molar-refractivity contribution in [2.45, 2.75) is 18.6 Å². The highest BCUT2D eigenvalue weighted by molar-refractivity contribution is 5.84. The summed E-state index contributed by atoms with van der Waals surface area (Å²) in [5.41, 5.74) is -0.114. The van der Waals surface area contributed by atoms with Gasteiger partial charge < -0.3 is 5.32 Å². The standard InChI is InChI=1S/C14H15F3N2O/c15-14(16,17)11-4-1-3-10(9-11)6-8-19-13(20)12-5-2-7-18-12/h1-5,9,12,18H,6-8H2,(H,19,20)/t12-/m0/s1. The van der Waals surface area contributed by atoms with Crippen LogP contribution in [-0.2, 0) is 17.4 Å². The molecule has 0 aliphatic carbocycles. The maximum Gasteiger partial charge on any atom is 0.416 e. The fraction of sp³-hybridized carbons (Fsp3) is 0.357. The molecule has 3 nitrogen and oxygen atoms in total. The minimum absolute atomic E-state index is 0.161. The summed E-state index contributed by atoms with van der Waals surface area (Å²) < 4.78 is 37.6. The third-order valence-electron chi connectivity index (χ3n) is 3.03. The van der Waals surface area contributed by atoms with Crippen LogP contribution in [0.25, 0.3) is 0 Å². The summed E-state index contributed by atoms with van der Waals surface area (Å²) in [7, 11) is 0. The minimum atomic E-state index is -4.34. The van der Waals surface area contributed by atoms with E-state index >= 15 is 0 Å². The monoisotopic (exact) mass is 284 g/mol. The molecule has 2 rings (SSSR count). The predicted octanol–water partition coefficient (Wildman–Crippen LogP) is 1.89. The number of carbonyl (C=O) groups excluding carboxylic acids is 1. The smallest absolute Gasteiger partial charge is 0.354 e. The van der Waals surface area contributed by atoms with E-state index in [9.17, 15) is 18.0 Å². The van der Waals surface area contributed by atoms with E-state index < -0.39 is 11.7 Å². The number of hydrogen-bond acceptors (Lipinski definition) is 2. The third-order valence-corrected chi connectivity index (χ3v) is 3.03. The summed E-state index contributed by atoms with van der Waals surface area (Å²) in [6, 6.07) is 4.81. The molecule has 1 amide bonds. The van der Waals surface area contributed by atoms with Crippen LogP contribution in [0.3, 0.4) is 0 Å². The van der Waals surface area contributed by atoms with Crippen molar-refractivity contribution in [3.63, 3.8) is 0 Å². The zero-order valence-corrected chi connectivity index (χ0v) is 10.7. The number of benzene rings is 1. The Morgan fingerprint density at radius 3 is 2.85 bits per heavy atom. The SMILES string of the molecule is O=C(NCCc1cccc(C(F)(F)F)c1)[C@@H]1C=CCN1. The van der Waals surface area contributed by atoms with Crippen molar-refractivity contribution < 1.29 is 18.0 Å². The number of hydrogen-bond donors (Lipinski definition) is 2. The first-order chi connectivity index (χ1) is 9.47. The molecule has 108 valence electrons. The Balaban J connectivity index is 1.85. The van der Waals surface area contributed by atoms with Gasteiger partial charge in [0, 0.05) is 13.1 Å². The number of nitrogens with one attached hydrogen (secondary N) is 2. The van der Waals surface area contributed by atoms with Gasteiger partial charge in [0.2, 0.25) is 5.91 Å². The largest absolute Gasteiger partial charge is 0.416 e. The molecule has 1 aromatic rings. The maximum atomic E-state index is 12.5. The molecule has 2 N–H and O–H groups in total. The summed E-state index contributed by atoms with van der Waals surface area (Å²) in [6.45, 7) is 0.970. The van der Waals surface area contributed by atoms with Crippen molar-refractivity contribution in [3.8, 4) is 0 Å². The second-order valence-corrected chi connectivity index (χ2v) is 4.55. The van der Waals surface area contributed by atoms with Gasteiger partial charge in [0.1, 0.15) is 6.04 Å². The average molecular weight is 284 g/mol. The van der Waals surface area contributed by atoms with Gasteiger partial charge in [-0.05, 0) is 18.1 Å². The lowest BCUT2D eigenvalue weighted by Gasteiger charge is -2.11. The molecule has 1 aliphatic heterocycles. The number of carbonyl (C=O) groups is 1. The van der Waals surface area contributed by atoms with E-state index in [1.165, 1.54) is 6.07 Å². The Bertz CT molecular complexity index is 511. The number of rotatable bonds is 4. The topological polar surface area (TPSA) is 41.1 Å². The van der Waals surface area contributed by atoms with Crippen LogP contribution in [0.2, 0.25) is 0 Å². The molecule has 0 fully saturated rings. The van der Waals surface area contributed by atoms with E-state index in [0.29, 0.717) is 25.1 Å². The van der Waals surface area contributed by atoms with Crippen LogP contribution in [0, 0.1) is 0 Å². The van der Waals surface area contributed by atoms with E-state index in [-0.39, 0.29) is 11.9 Å². The Kier molecular flexibility index (Phi) is 4.44. The maximum absolute atomic E-state index is 12.5. The molecule has 1 aromatic carbocycles. The number of halogens is 3. The van der Waals surface area contributed by atoms with Crippen LogP contribution < -0.4 is 10.6 Å². The molecule has 0 saturated heterocycles. The lowest BCUT2D eigenvalue weighted by atomic mass is 10.1. The van der Waals surface area contributed by atoms with Gasteiger partial charge in [-0.3, -0.25) is 10.1 Å². The van der Waals surface area contributed by atoms with Gasteiger partial charge in [0.05, 0.1) is 5.56 Å². The Labute approximate surface area is 114 Å². The minimum Gasteiger partial charge on any atom is -0.354 e. The lowest BCUT2D eigenvalue weighted by Crippen LogP contribution is -2.41. The molecule has 0 aromatic heterocycles. The van der Waals surface area contributed by atoms with Crippen LogP contribution in [0.5, 0.6) is 0 Å². The molecular formula is C14H15F3N2O. The highest BCUT2D eigenvalue weighted by Crippen LogP contribution is 2.29. The van der Waals surface area contributed by atoms with E-state index in [2.05, 4.69) is 10.6 Å². The molecule has 1 heterocycles. The quantitative estimate of drug-likeness (QED) is 0.829. The van der Waals surface area contributed by atoms with Crippen molar-refractivity contribution >= 4 is 5.91 Å². The molecule has 0 saturated carbocycles. The number of alkyl halides is 3. The van der Waals surface area contributed by atoms with Gasteiger partial charge in [0.25, 0.3) is 0 Å². The van der Waals surface area contributed by atoms with Crippen LogP contribution in [0.4, 0.5) is 13.2 Å². The summed E-state index contributed by atoms with van der Waals surface area (Å²) in [4.78, 5) is 11.7. The van der Waals surface area contributed by atoms with Gasteiger partial charge in [-0.2, -0.15) is 13.2 Å². The zero-order chi connectivity index (χ0) is 14.6. The molecule has 1 aliphatic rings. The molecule has 20 heavy (non-hydrogen) atoms. The van der Waals surface area contributed by atoms with Gasteiger partial charge in [-0.15, -0.1) is 0 Å². The molecule has 6 heteroatoms. The van der Waals surface area contributed by atoms with Crippen molar-refractivity contribution in [3.05, 3.63) is 47.5 Å². The van der Waals surface area contributed by atoms with Crippen molar-refractivity contribution in [1.29, 1.82) is 0 Å². The van der Waals surface area contributed by atoms with Crippen LogP contribution >= 0.6 is 0 Å². The first-order valence-corrected chi connectivity index (χ1v) is 6.31. The normalized spacial score (nSPS) is 18.2. The highest BCUT2D eigenvalue weighted by atomic mass is 19.4. The molecule has 1 atom stereocenters. The fourth-order valence-corrected chi connectivity index (χ4v) is 1.99. The van der Waals surface area contributed by atoms with E-state index in [0.717, 1.165) is 12.1 Å². The average Bonchev–Trinajstić information content (AvgIpc) is 2.92. The fourth-order valence-electron chi connectivity index (χ4n) is 1.99. The first-order valence-electron chi connectivity index (χ1n) is 6.31. The molecule has 0 spiro atoms. The van der Waals surface area contributed by atoms with Crippen molar-refractivity contribution in [1.82, 2.24) is 10.6 Å². The second-order valence-electron chi connectivity index (χ2n) is 4.55. The van der Waals surface area contributed by atoms with Gasteiger partial charge in [-0.25, -0.2) is 0 Å². The molecular weight excluding hydrogens is 269 g/mol. The molecule has 0 bridgehead atoms. The Morgan fingerprint density at radius 2 is 2.20 bits per heavy atom. The second kappa shape index (κ2) is 6.09. The van der Waals surface area contributed by atoms with Gasteiger partial charge >= 0.3 is 6.18 Å². The van der Waals surface area contributed by atoms with Gasteiger partial charge in [0.15, 0.2) is 0 Å². The zero-order valence-electron chi connectivity index (χ0n) is 10.7. The first kappa shape index (κ1) is 14.6. The summed E-state index contributed by atoms with van der Waals surface area (Å²) in [6.07, 6.45) is -0.347. The van der Waals surface area contributed by atoms with Crippen LogP contribution in [-0.4, -0.2) is 25.0 Å². The third kappa shape index (κ3) is 3.84. The Hall–Kier alpha value is -1.82. The summed E-state index contributed by atoms with van der Waals surface area (Å²) in [5, 5.41) is 5.66. The molecule has 0 unspecified atom stereocenters. The summed E-state index contributed by atoms with van der Waals surface area (Å²) in [5.74, 6) is -0.161. The Morgan fingerprint density at radius 1 is 1.40 bits per heavy atom. The summed E-state index contributed by atoms with van der Waals surface area (Å²) >= 11 is 0. The van der Waals surface area contributed by atoms with Crippen LogP contribution in [0.1, 0.15) is 11.1 Å². The van der Waals surface area contributed by atoms with E-state index in [4.69, 9.17) is 0 Å². The van der Waals surface area contributed by atoms with Crippen molar-refractivity contribution in [2.75, 3.05) is 13.1 Å². The highest BCUT2D eigenvalue weighted by Gasteiger charge is 2.30. The van der Waals surface area contributed by atoms with Gasteiger partial charge in [-0.1, -0.05) is 30.4 Å². The van der Waals surface area contributed by atoms with Crippen LogP contribution in [0.15, 0.2) is 36.4 Å². The number of amides is 1. The van der Waals surface area contributed by atoms with E-state index in [1.54, 1.807) is 12.1 Å². The van der Waals surface area contributed by atoms with E-state index in [1.807, 2.05) is 6.08 Å². The van der Waals surface area contributed by atoms with Crippen molar-refractivity contribution in [2.24, 2.45) is 0 Å². The molecule has 0 radical (unpaired) electrons. The lowest BCUT2D eigenvalue weighted by molar-refractivity contribution is -0.137. The predicted molar refractivity (Wildman–Crippen MR) is 69.1 cm³/mol.